The van der Waals surface area contributed by atoms with Crippen LogP contribution in [0.5, 0.6) is 0 Å². The SMILES string of the molecule is CNc1cc(C(=O)N[C@H]2CNC[C@@H]2OC)ccn1. The van der Waals surface area contributed by atoms with Gasteiger partial charge in [-0.15, -0.1) is 0 Å². The average molecular weight is 250 g/mol. The molecule has 0 aliphatic carbocycles. The van der Waals surface area contributed by atoms with Crippen LogP contribution in [0.1, 0.15) is 10.4 Å². The quantitative estimate of drug-likeness (QED) is 0.692. The van der Waals surface area contributed by atoms with Crippen LogP contribution in [0.4, 0.5) is 5.82 Å². The highest BCUT2D eigenvalue weighted by atomic mass is 16.5. The van der Waals surface area contributed by atoms with Gasteiger partial charge >= 0.3 is 0 Å². The summed E-state index contributed by atoms with van der Waals surface area (Å²) in [5.41, 5.74) is 0.594. The molecule has 0 saturated carbocycles. The first kappa shape index (κ1) is 12.8. The number of nitrogens with one attached hydrogen (secondary N) is 3. The standard InChI is InChI=1S/C12H18N4O2/c1-13-11-5-8(3-4-15-11)12(17)16-9-6-14-7-10(9)18-2/h3-5,9-10,14H,6-7H2,1-2H3,(H,13,15)(H,16,17)/t9-,10-/m0/s1. The number of amides is 1. The van der Waals surface area contributed by atoms with E-state index in [-0.39, 0.29) is 18.1 Å². The molecule has 0 unspecified atom stereocenters. The molecule has 18 heavy (non-hydrogen) atoms. The van der Waals surface area contributed by atoms with Gasteiger partial charge in [0.2, 0.25) is 0 Å². The number of anilines is 1. The van der Waals surface area contributed by atoms with Crippen molar-refractivity contribution in [3.05, 3.63) is 23.9 Å². The number of ether oxygens (including phenoxy) is 1. The van der Waals surface area contributed by atoms with Gasteiger partial charge in [-0.25, -0.2) is 4.98 Å². The Hall–Kier alpha value is -1.66. The van der Waals surface area contributed by atoms with E-state index in [1.54, 1.807) is 32.5 Å². The van der Waals surface area contributed by atoms with Crippen molar-refractivity contribution in [2.75, 3.05) is 32.6 Å². The van der Waals surface area contributed by atoms with E-state index in [0.717, 1.165) is 13.1 Å². The Balaban J connectivity index is 2.02. The summed E-state index contributed by atoms with van der Waals surface area (Å²) in [6.45, 7) is 1.49. The fraction of sp³-hybridized carbons (Fsp3) is 0.500. The van der Waals surface area contributed by atoms with Gasteiger partial charge in [-0.1, -0.05) is 0 Å². The zero-order valence-electron chi connectivity index (χ0n) is 10.6. The molecule has 98 valence electrons. The Morgan fingerprint density at radius 3 is 3.11 bits per heavy atom. The molecule has 0 radical (unpaired) electrons. The van der Waals surface area contributed by atoms with E-state index in [1.807, 2.05) is 0 Å². The molecule has 1 aliphatic heterocycles. The Labute approximate surface area is 106 Å². The van der Waals surface area contributed by atoms with Crippen LogP contribution in [-0.2, 0) is 4.74 Å². The summed E-state index contributed by atoms with van der Waals surface area (Å²) in [6.07, 6.45) is 1.64. The van der Waals surface area contributed by atoms with Gasteiger partial charge in [-0.3, -0.25) is 4.79 Å². The molecule has 1 amide bonds. The van der Waals surface area contributed by atoms with Crippen molar-refractivity contribution in [2.24, 2.45) is 0 Å². The lowest BCUT2D eigenvalue weighted by atomic mass is 10.2. The molecular formula is C12H18N4O2. The summed E-state index contributed by atoms with van der Waals surface area (Å²) in [5.74, 6) is 0.570. The summed E-state index contributed by atoms with van der Waals surface area (Å²) >= 11 is 0. The molecule has 6 heteroatoms. The van der Waals surface area contributed by atoms with Crippen LogP contribution >= 0.6 is 0 Å². The molecule has 3 N–H and O–H groups in total. The van der Waals surface area contributed by atoms with Crippen molar-refractivity contribution < 1.29 is 9.53 Å². The molecule has 1 aromatic rings. The van der Waals surface area contributed by atoms with Gasteiger partial charge in [0.05, 0.1) is 12.1 Å². The van der Waals surface area contributed by atoms with Gasteiger partial charge in [0.15, 0.2) is 0 Å². The number of hydrogen-bond donors (Lipinski definition) is 3. The zero-order chi connectivity index (χ0) is 13.0. The molecule has 0 spiro atoms. The highest BCUT2D eigenvalue weighted by molar-refractivity contribution is 5.95. The van der Waals surface area contributed by atoms with E-state index >= 15 is 0 Å². The molecule has 1 aromatic heterocycles. The lowest BCUT2D eigenvalue weighted by Crippen LogP contribution is -2.43. The van der Waals surface area contributed by atoms with E-state index < -0.39 is 0 Å². The number of carbonyl (C=O) groups excluding carboxylic acids is 1. The van der Waals surface area contributed by atoms with Crippen LogP contribution in [-0.4, -0.2) is 50.3 Å². The zero-order valence-corrected chi connectivity index (χ0v) is 10.6. The third-order valence-corrected chi connectivity index (χ3v) is 3.06. The largest absolute Gasteiger partial charge is 0.378 e. The lowest BCUT2D eigenvalue weighted by Gasteiger charge is -2.18. The smallest absolute Gasteiger partial charge is 0.251 e. The van der Waals surface area contributed by atoms with Gasteiger partial charge in [0.1, 0.15) is 5.82 Å². The summed E-state index contributed by atoms with van der Waals surface area (Å²) in [6, 6.07) is 3.42. The van der Waals surface area contributed by atoms with Gasteiger partial charge in [-0.2, -0.15) is 0 Å². The first-order chi connectivity index (χ1) is 8.74. The predicted molar refractivity (Wildman–Crippen MR) is 68.7 cm³/mol. The van der Waals surface area contributed by atoms with Crippen molar-refractivity contribution in [1.29, 1.82) is 0 Å². The topological polar surface area (TPSA) is 75.3 Å². The second kappa shape index (κ2) is 5.79. The van der Waals surface area contributed by atoms with Crippen LogP contribution < -0.4 is 16.0 Å². The van der Waals surface area contributed by atoms with Crippen LogP contribution in [0.2, 0.25) is 0 Å². The lowest BCUT2D eigenvalue weighted by molar-refractivity contribution is 0.0780. The summed E-state index contributed by atoms with van der Waals surface area (Å²) < 4.78 is 5.30. The predicted octanol–water partition coefficient (Wildman–Crippen LogP) is -0.160. The van der Waals surface area contributed by atoms with Crippen LogP contribution in [0.3, 0.4) is 0 Å². The number of methoxy groups -OCH3 is 1. The normalized spacial score (nSPS) is 22.8. The van der Waals surface area contributed by atoms with Crippen LogP contribution in [0.15, 0.2) is 18.3 Å². The number of pyridine rings is 1. The van der Waals surface area contributed by atoms with Gasteiger partial charge in [-0.05, 0) is 12.1 Å². The van der Waals surface area contributed by atoms with E-state index in [9.17, 15) is 4.79 Å². The van der Waals surface area contributed by atoms with Crippen LogP contribution in [0, 0.1) is 0 Å². The molecule has 6 nitrogen and oxygen atoms in total. The monoisotopic (exact) mass is 250 g/mol. The molecule has 1 aliphatic rings. The summed E-state index contributed by atoms with van der Waals surface area (Å²) in [7, 11) is 3.42. The van der Waals surface area contributed by atoms with Crippen molar-refractivity contribution >= 4 is 11.7 Å². The third-order valence-electron chi connectivity index (χ3n) is 3.06. The van der Waals surface area contributed by atoms with E-state index in [0.29, 0.717) is 11.4 Å². The fourth-order valence-electron chi connectivity index (χ4n) is 2.01. The maximum atomic E-state index is 12.1. The molecule has 0 bridgehead atoms. The van der Waals surface area contributed by atoms with Gasteiger partial charge in [0, 0.05) is 39.0 Å². The van der Waals surface area contributed by atoms with Crippen molar-refractivity contribution in [3.8, 4) is 0 Å². The van der Waals surface area contributed by atoms with E-state index in [1.165, 1.54) is 0 Å². The minimum atomic E-state index is -0.107. The Kier molecular flexibility index (Phi) is 4.11. The number of hydrogen-bond acceptors (Lipinski definition) is 5. The molecule has 0 aromatic carbocycles. The second-order valence-electron chi connectivity index (χ2n) is 4.19. The average Bonchev–Trinajstić information content (AvgIpc) is 2.86. The Morgan fingerprint density at radius 1 is 1.56 bits per heavy atom. The molecule has 2 atom stereocenters. The summed E-state index contributed by atoms with van der Waals surface area (Å²) in [4.78, 5) is 16.2. The van der Waals surface area contributed by atoms with E-state index in [4.69, 9.17) is 4.74 Å². The highest BCUT2D eigenvalue weighted by Gasteiger charge is 2.28. The molecule has 2 rings (SSSR count). The molecule has 2 heterocycles. The van der Waals surface area contributed by atoms with Gasteiger partial charge in [0.25, 0.3) is 5.91 Å². The molecule has 1 fully saturated rings. The highest BCUT2D eigenvalue weighted by Crippen LogP contribution is 2.08. The van der Waals surface area contributed by atoms with Crippen molar-refractivity contribution in [1.82, 2.24) is 15.6 Å². The Morgan fingerprint density at radius 2 is 2.39 bits per heavy atom. The minimum absolute atomic E-state index is 0.00806. The summed E-state index contributed by atoms with van der Waals surface area (Å²) in [5, 5.41) is 9.06. The first-order valence-corrected chi connectivity index (χ1v) is 5.92. The Bertz CT molecular complexity index is 424. The number of carbonyl (C=O) groups is 1. The second-order valence-corrected chi connectivity index (χ2v) is 4.19. The number of aromatic nitrogens is 1. The van der Waals surface area contributed by atoms with Gasteiger partial charge < -0.3 is 20.7 Å². The van der Waals surface area contributed by atoms with Crippen LogP contribution in [0.25, 0.3) is 0 Å². The maximum absolute atomic E-state index is 12.1. The minimum Gasteiger partial charge on any atom is -0.378 e. The van der Waals surface area contributed by atoms with Crippen molar-refractivity contribution in [2.45, 2.75) is 12.1 Å². The number of rotatable bonds is 4. The third kappa shape index (κ3) is 2.77. The fourth-order valence-corrected chi connectivity index (χ4v) is 2.01. The van der Waals surface area contributed by atoms with E-state index in [2.05, 4.69) is 20.9 Å². The van der Waals surface area contributed by atoms with Crippen molar-refractivity contribution in [3.63, 3.8) is 0 Å². The first-order valence-electron chi connectivity index (χ1n) is 5.92. The molecule has 1 saturated heterocycles. The maximum Gasteiger partial charge on any atom is 0.251 e. The molecular weight excluding hydrogens is 232 g/mol. The number of nitrogens with zero attached hydrogens (tertiary/aromatic N) is 1.